The van der Waals surface area contributed by atoms with Crippen LogP contribution in [0.1, 0.15) is 16.1 Å². The molecular formula is C10H9N5O4. The Morgan fingerprint density at radius 3 is 2.79 bits per heavy atom. The van der Waals surface area contributed by atoms with E-state index in [0.29, 0.717) is 5.56 Å². The Morgan fingerprint density at radius 2 is 2.21 bits per heavy atom. The van der Waals surface area contributed by atoms with Gasteiger partial charge in [-0.15, -0.1) is 0 Å². The summed E-state index contributed by atoms with van der Waals surface area (Å²) in [7, 11) is 0. The fourth-order valence-corrected chi connectivity index (χ4v) is 1.43. The van der Waals surface area contributed by atoms with Crippen molar-refractivity contribution in [2.24, 2.45) is 0 Å². The number of carbonyl (C=O) groups excluding carboxylic acids is 1. The average molecular weight is 263 g/mol. The minimum Gasteiger partial charge on any atom is -0.379 e. The summed E-state index contributed by atoms with van der Waals surface area (Å²) >= 11 is 0. The molecule has 1 heterocycles. The van der Waals surface area contributed by atoms with E-state index in [2.05, 4.69) is 20.3 Å². The van der Waals surface area contributed by atoms with Crippen LogP contribution in [0.25, 0.3) is 0 Å². The summed E-state index contributed by atoms with van der Waals surface area (Å²) < 4.78 is 4.28. The van der Waals surface area contributed by atoms with Gasteiger partial charge in [0.05, 0.1) is 4.92 Å². The van der Waals surface area contributed by atoms with Gasteiger partial charge in [-0.05, 0) is 28.9 Å². The number of nitro groups is 1. The number of aryl methyl sites for hydroxylation is 1. The van der Waals surface area contributed by atoms with Crippen molar-refractivity contribution in [3.8, 4) is 0 Å². The van der Waals surface area contributed by atoms with Crippen molar-refractivity contribution >= 4 is 23.1 Å². The van der Waals surface area contributed by atoms with E-state index in [0.717, 1.165) is 0 Å². The molecule has 0 saturated carbocycles. The van der Waals surface area contributed by atoms with Gasteiger partial charge in [-0.1, -0.05) is 6.07 Å². The molecule has 0 unspecified atom stereocenters. The van der Waals surface area contributed by atoms with Crippen LogP contribution < -0.4 is 11.1 Å². The monoisotopic (exact) mass is 263 g/mol. The van der Waals surface area contributed by atoms with Crippen molar-refractivity contribution in [1.82, 2.24) is 10.3 Å². The van der Waals surface area contributed by atoms with Gasteiger partial charge >= 0.3 is 0 Å². The number of nitrogens with one attached hydrogen (secondary N) is 1. The molecule has 0 saturated heterocycles. The van der Waals surface area contributed by atoms with E-state index in [1.54, 1.807) is 13.0 Å². The highest BCUT2D eigenvalue weighted by atomic mass is 16.6. The molecular weight excluding hydrogens is 254 g/mol. The van der Waals surface area contributed by atoms with Gasteiger partial charge in [-0.25, -0.2) is 4.63 Å². The highest BCUT2D eigenvalue weighted by molar-refractivity contribution is 6.06. The van der Waals surface area contributed by atoms with Crippen LogP contribution in [-0.4, -0.2) is 21.1 Å². The lowest BCUT2D eigenvalue weighted by molar-refractivity contribution is -0.384. The summed E-state index contributed by atoms with van der Waals surface area (Å²) in [6, 6.07) is 4.40. The first-order valence-electron chi connectivity index (χ1n) is 5.13. The van der Waals surface area contributed by atoms with Gasteiger partial charge in [0.1, 0.15) is 5.69 Å². The number of amides is 1. The highest BCUT2D eigenvalue weighted by Crippen LogP contribution is 2.25. The highest BCUT2D eigenvalue weighted by Gasteiger charge is 2.20. The third-order valence-corrected chi connectivity index (χ3v) is 2.33. The molecule has 0 aliphatic carbocycles. The molecule has 0 bridgehead atoms. The molecule has 0 atom stereocenters. The Balaban J connectivity index is 2.32. The number of rotatable bonds is 3. The number of anilines is 2. The van der Waals surface area contributed by atoms with Gasteiger partial charge in [0.25, 0.3) is 11.6 Å². The third-order valence-electron chi connectivity index (χ3n) is 2.33. The van der Waals surface area contributed by atoms with E-state index in [-0.39, 0.29) is 22.9 Å². The maximum Gasteiger partial charge on any atom is 0.293 e. The van der Waals surface area contributed by atoms with Crippen LogP contribution in [0.15, 0.2) is 22.8 Å². The molecule has 0 aliphatic heterocycles. The molecule has 1 aromatic carbocycles. The van der Waals surface area contributed by atoms with E-state index >= 15 is 0 Å². The van der Waals surface area contributed by atoms with Gasteiger partial charge in [0, 0.05) is 6.07 Å². The Bertz CT molecular complexity index is 651. The molecule has 19 heavy (non-hydrogen) atoms. The number of nitrogen functional groups attached to an aromatic ring is 1. The molecule has 9 nitrogen and oxygen atoms in total. The van der Waals surface area contributed by atoms with Gasteiger partial charge in [0.2, 0.25) is 11.5 Å². The maximum absolute atomic E-state index is 11.8. The summed E-state index contributed by atoms with van der Waals surface area (Å²) in [5.41, 5.74) is 5.65. The van der Waals surface area contributed by atoms with E-state index < -0.39 is 10.8 Å². The quantitative estimate of drug-likeness (QED) is 0.625. The molecule has 2 aromatic rings. The molecule has 1 amide bonds. The lowest BCUT2D eigenvalue weighted by Crippen LogP contribution is -2.15. The van der Waals surface area contributed by atoms with Gasteiger partial charge in [-0.2, -0.15) is 0 Å². The van der Waals surface area contributed by atoms with Crippen LogP contribution in [-0.2, 0) is 0 Å². The van der Waals surface area contributed by atoms with Crippen LogP contribution in [0.3, 0.4) is 0 Å². The third kappa shape index (κ3) is 2.49. The van der Waals surface area contributed by atoms with Crippen molar-refractivity contribution in [1.29, 1.82) is 0 Å². The van der Waals surface area contributed by atoms with Crippen LogP contribution in [0.2, 0.25) is 0 Å². The molecule has 0 spiro atoms. The number of hydrogen-bond acceptors (Lipinski definition) is 7. The average Bonchev–Trinajstić information content (AvgIpc) is 2.77. The van der Waals surface area contributed by atoms with E-state index in [4.69, 9.17) is 5.73 Å². The van der Waals surface area contributed by atoms with Crippen molar-refractivity contribution in [2.45, 2.75) is 6.92 Å². The standard InChI is InChI=1S/C10H9N5O4/c1-5-2-3-6(7(4-5)15(17)18)12-10(16)8-9(11)14-19-13-8/h2-4H,1H3,(H2,11,14)(H,12,16). The Labute approximate surface area is 106 Å². The molecule has 1 aromatic heterocycles. The largest absolute Gasteiger partial charge is 0.379 e. The first-order valence-corrected chi connectivity index (χ1v) is 5.13. The SMILES string of the molecule is Cc1ccc(NC(=O)c2nonc2N)c([N+](=O)[O-])c1. The first kappa shape index (κ1) is 12.5. The lowest BCUT2D eigenvalue weighted by atomic mass is 10.2. The molecule has 0 fully saturated rings. The Morgan fingerprint density at radius 1 is 1.47 bits per heavy atom. The number of hydrogen-bond donors (Lipinski definition) is 2. The van der Waals surface area contributed by atoms with Crippen LogP contribution in [0.4, 0.5) is 17.2 Å². The number of carbonyl (C=O) groups is 1. The van der Waals surface area contributed by atoms with Crippen LogP contribution >= 0.6 is 0 Å². The fourth-order valence-electron chi connectivity index (χ4n) is 1.43. The van der Waals surface area contributed by atoms with Crippen molar-refractivity contribution in [2.75, 3.05) is 11.1 Å². The molecule has 9 heteroatoms. The second-order valence-electron chi connectivity index (χ2n) is 3.73. The Kier molecular flexibility index (Phi) is 3.10. The molecule has 2 rings (SSSR count). The van der Waals surface area contributed by atoms with Crippen molar-refractivity contribution in [3.63, 3.8) is 0 Å². The zero-order valence-electron chi connectivity index (χ0n) is 9.78. The Hall–Kier alpha value is -2.97. The minimum absolute atomic E-state index is 0.0444. The minimum atomic E-state index is -0.731. The predicted molar refractivity (Wildman–Crippen MR) is 64.5 cm³/mol. The maximum atomic E-state index is 11.8. The first-order chi connectivity index (χ1) is 8.99. The van der Waals surface area contributed by atoms with E-state index in [9.17, 15) is 14.9 Å². The van der Waals surface area contributed by atoms with E-state index in [1.807, 2.05) is 0 Å². The second kappa shape index (κ2) is 4.72. The van der Waals surface area contributed by atoms with Crippen molar-refractivity contribution < 1.29 is 14.3 Å². The van der Waals surface area contributed by atoms with E-state index in [1.165, 1.54) is 12.1 Å². The molecule has 98 valence electrons. The summed E-state index contributed by atoms with van der Waals surface area (Å²) in [4.78, 5) is 22.1. The molecule has 3 N–H and O–H groups in total. The smallest absolute Gasteiger partial charge is 0.293 e. The number of benzene rings is 1. The topological polar surface area (TPSA) is 137 Å². The predicted octanol–water partition coefficient (Wildman–Crippen LogP) is 1.12. The van der Waals surface area contributed by atoms with Gasteiger partial charge in [-0.3, -0.25) is 14.9 Å². The zero-order valence-corrected chi connectivity index (χ0v) is 9.78. The summed E-state index contributed by atoms with van der Waals surface area (Å²) in [5.74, 6) is -0.919. The van der Waals surface area contributed by atoms with Crippen LogP contribution in [0, 0.1) is 17.0 Å². The normalized spacial score (nSPS) is 10.2. The second-order valence-corrected chi connectivity index (χ2v) is 3.73. The van der Waals surface area contributed by atoms with Crippen LogP contribution in [0.5, 0.6) is 0 Å². The van der Waals surface area contributed by atoms with Crippen molar-refractivity contribution in [3.05, 3.63) is 39.6 Å². The number of nitrogens with two attached hydrogens (primary N) is 1. The zero-order chi connectivity index (χ0) is 14.0. The summed E-state index contributed by atoms with van der Waals surface area (Å²) in [5, 5.41) is 19.8. The molecule has 0 radical (unpaired) electrons. The fraction of sp³-hybridized carbons (Fsp3) is 0.100. The summed E-state index contributed by atoms with van der Waals surface area (Å²) in [6.45, 7) is 1.71. The number of nitro benzene ring substituents is 1. The summed E-state index contributed by atoms with van der Waals surface area (Å²) in [6.07, 6.45) is 0. The number of aromatic nitrogens is 2. The molecule has 0 aliphatic rings. The number of nitrogens with zero attached hydrogens (tertiary/aromatic N) is 3. The van der Waals surface area contributed by atoms with Gasteiger partial charge in [0.15, 0.2) is 0 Å². The van der Waals surface area contributed by atoms with Gasteiger partial charge < -0.3 is 11.1 Å². The lowest BCUT2D eigenvalue weighted by Gasteiger charge is -2.04.